The average molecular weight is 474 g/mol. The van der Waals surface area contributed by atoms with Crippen LogP contribution in [0.4, 0.5) is 4.79 Å². The van der Waals surface area contributed by atoms with E-state index in [1.807, 2.05) is 36.4 Å². The number of thioether (sulfide) groups is 1. The zero-order valence-electron chi connectivity index (χ0n) is 18.0. The highest BCUT2D eigenvalue weighted by molar-refractivity contribution is 8.00. The highest BCUT2D eigenvalue weighted by Gasteiger charge is 2.49. The molecule has 1 fully saturated rings. The van der Waals surface area contributed by atoms with Crippen molar-refractivity contribution in [2.24, 2.45) is 0 Å². The smallest absolute Gasteiger partial charge is 0.318 e. The Balaban J connectivity index is 1.29. The summed E-state index contributed by atoms with van der Waals surface area (Å²) >= 11 is 1.16. The van der Waals surface area contributed by atoms with Crippen LogP contribution in [0.25, 0.3) is 16.7 Å². The molecule has 0 spiro atoms. The van der Waals surface area contributed by atoms with Gasteiger partial charge in [-0.05, 0) is 24.6 Å². The van der Waals surface area contributed by atoms with E-state index < -0.39 is 23.4 Å². The fraction of sp³-hybridized carbons (Fsp3) is 0.130. The molecule has 1 aliphatic rings. The van der Waals surface area contributed by atoms with Gasteiger partial charge in [-0.25, -0.2) is 19.4 Å². The van der Waals surface area contributed by atoms with E-state index in [0.29, 0.717) is 21.6 Å². The Hall–Kier alpha value is -4.25. The molecule has 2 aromatic carbocycles. The van der Waals surface area contributed by atoms with Crippen LogP contribution < -0.4 is 10.7 Å². The van der Waals surface area contributed by atoms with E-state index in [1.165, 1.54) is 6.33 Å². The molecule has 0 unspecified atom stereocenters. The summed E-state index contributed by atoms with van der Waals surface area (Å²) in [5.74, 6) is -1.15. The van der Waals surface area contributed by atoms with Crippen molar-refractivity contribution in [1.82, 2.24) is 35.5 Å². The molecule has 4 amide bonds. The summed E-state index contributed by atoms with van der Waals surface area (Å²) in [6, 6.07) is 17.7. The van der Waals surface area contributed by atoms with E-state index in [1.54, 1.807) is 42.1 Å². The van der Waals surface area contributed by atoms with Crippen LogP contribution in [0.3, 0.4) is 0 Å². The van der Waals surface area contributed by atoms with Crippen LogP contribution in [-0.2, 0) is 15.1 Å². The third-order valence-corrected chi connectivity index (χ3v) is 6.45. The van der Waals surface area contributed by atoms with Crippen LogP contribution in [0.15, 0.2) is 78.2 Å². The maximum atomic E-state index is 12.9. The molecule has 3 heterocycles. The molecule has 170 valence electrons. The van der Waals surface area contributed by atoms with Gasteiger partial charge in [0.1, 0.15) is 16.9 Å². The number of para-hydroxylation sites is 1. The average Bonchev–Trinajstić information content (AvgIpc) is 3.39. The monoisotopic (exact) mass is 473 g/mol. The number of imide groups is 1. The Labute approximate surface area is 198 Å². The molecule has 11 heteroatoms. The fourth-order valence-electron chi connectivity index (χ4n) is 3.69. The second kappa shape index (κ2) is 8.60. The number of amides is 4. The lowest BCUT2D eigenvalue weighted by molar-refractivity contribution is -0.138. The second-order valence-electron chi connectivity index (χ2n) is 7.69. The number of benzene rings is 2. The van der Waals surface area contributed by atoms with Gasteiger partial charge in [-0.15, -0.1) is 0 Å². The molecule has 1 saturated heterocycles. The van der Waals surface area contributed by atoms with Crippen LogP contribution in [0.2, 0.25) is 0 Å². The van der Waals surface area contributed by atoms with Crippen molar-refractivity contribution in [3.05, 3.63) is 78.8 Å². The highest BCUT2D eigenvalue weighted by atomic mass is 32.2. The van der Waals surface area contributed by atoms with Crippen molar-refractivity contribution in [3.8, 4) is 5.69 Å². The van der Waals surface area contributed by atoms with Gasteiger partial charge in [0.2, 0.25) is 5.91 Å². The third kappa shape index (κ3) is 3.75. The first-order valence-electron chi connectivity index (χ1n) is 10.4. The summed E-state index contributed by atoms with van der Waals surface area (Å²) in [4.78, 5) is 46.6. The first-order chi connectivity index (χ1) is 16.5. The molecule has 1 aliphatic heterocycles. The molecule has 0 aliphatic carbocycles. The molecule has 2 N–H and O–H groups in total. The summed E-state index contributed by atoms with van der Waals surface area (Å²) in [5, 5.41) is 9.02. The van der Waals surface area contributed by atoms with Crippen molar-refractivity contribution in [3.63, 3.8) is 0 Å². The minimum atomic E-state index is -1.26. The molecule has 2 aromatic heterocycles. The highest BCUT2D eigenvalue weighted by Crippen LogP contribution is 2.28. The number of hydrogen-bond donors (Lipinski definition) is 2. The zero-order valence-corrected chi connectivity index (χ0v) is 18.8. The molecule has 10 nitrogen and oxygen atoms in total. The van der Waals surface area contributed by atoms with Gasteiger partial charge in [0.15, 0.2) is 5.65 Å². The number of fused-ring (bicyclic) bond motifs is 1. The van der Waals surface area contributed by atoms with E-state index in [0.717, 1.165) is 22.5 Å². The van der Waals surface area contributed by atoms with Crippen molar-refractivity contribution < 1.29 is 14.4 Å². The molecule has 0 saturated carbocycles. The number of nitrogens with one attached hydrogen (secondary N) is 2. The van der Waals surface area contributed by atoms with Gasteiger partial charge in [0, 0.05) is 0 Å². The van der Waals surface area contributed by atoms with Crippen LogP contribution in [0.1, 0.15) is 12.5 Å². The first kappa shape index (κ1) is 21.6. The van der Waals surface area contributed by atoms with Gasteiger partial charge < -0.3 is 5.32 Å². The number of hydrazine groups is 1. The molecular formula is C23H19N7O3S. The molecule has 1 atom stereocenters. The summed E-state index contributed by atoms with van der Waals surface area (Å²) in [5.41, 5.74) is 3.22. The number of aromatic nitrogens is 4. The lowest BCUT2D eigenvalue weighted by Gasteiger charge is -2.22. The molecule has 4 aromatic rings. The maximum absolute atomic E-state index is 12.9. The van der Waals surface area contributed by atoms with Crippen molar-refractivity contribution in [2.45, 2.75) is 17.5 Å². The van der Waals surface area contributed by atoms with Gasteiger partial charge in [0.25, 0.3) is 5.91 Å². The van der Waals surface area contributed by atoms with Gasteiger partial charge in [-0.1, -0.05) is 60.3 Å². The number of urea groups is 1. The Kier molecular flexibility index (Phi) is 5.46. The van der Waals surface area contributed by atoms with Crippen LogP contribution in [0.5, 0.6) is 0 Å². The number of carbonyl (C=O) groups excluding carboxylic acids is 3. The fourth-order valence-corrected chi connectivity index (χ4v) is 4.45. The molecular weight excluding hydrogens is 454 g/mol. The van der Waals surface area contributed by atoms with Gasteiger partial charge in [-0.2, -0.15) is 10.1 Å². The number of nitrogens with zero attached hydrogens (tertiary/aromatic N) is 5. The van der Waals surface area contributed by atoms with Crippen LogP contribution in [0, 0.1) is 0 Å². The topological polar surface area (TPSA) is 122 Å². The standard InChI is InChI=1S/C23H19N7O3S/c1-23(15-8-4-2-5-9-15)21(32)30(22(33)27-23)28-18(31)13-34-20-17-12-26-29(19(17)24-14-25-20)16-10-6-3-7-11-16/h2-12,14H,13H2,1H3,(H,27,33)(H,28,31)/t23-/m1/s1. The molecule has 34 heavy (non-hydrogen) atoms. The van der Waals surface area contributed by atoms with Crippen molar-refractivity contribution in [1.29, 1.82) is 0 Å². The second-order valence-corrected chi connectivity index (χ2v) is 8.66. The van der Waals surface area contributed by atoms with Gasteiger partial charge >= 0.3 is 6.03 Å². The summed E-state index contributed by atoms with van der Waals surface area (Å²) in [6.07, 6.45) is 3.05. The first-order valence-corrected chi connectivity index (χ1v) is 11.3. The molecule has 5 rings (SSSR count). The Morgan fingerprint density at radius 3 is 2.50 bits per heavy atom. The Bertz CT molecular complexity index is 1390. The number of carbonyl (C=O) groups is 3. The minimum absolute atomic E-state index is 0.0677. The van der Waals surface area contributed by atoms with Gasteiger partial charge in [-0.3, -0.25) is 15.0 Å². The number of hydrogen-bond acceptors (Lipinski definition) is 7. The largest absolute Gasteiger partial charge is 0.344 e. The third-order valence-electron chi connectivity index (χ3n) is 5.45. The SMILES string of the molecule is C[C@]1(c2ccccc2)NC(=O)N(NC(=O)CSc2ncnc3c2cnn3-c2ccccc2)C1=O. The lowest BCUT2D eigenvalue weighted by atomic mass is 9.92. The van der Waals surface area contributed by atoms with Crippen LogP contribution >= 0.6 is 11.8 Å². The van der Waals surface area contributed by atoms with E-state index in [4.69, 9.17) is 0 Å². The number of rotatable bonds is 6. The van der Waals surface area contributed by atoms with Crippen molar-refractivity contribution in [2.75, 3.05) is 5.75 Å². The van der Waals surface area contributed by atoms with E-state index >= 15 is 0 Å². The lowest BCUT2D eigenvalue weighted by Crippen LogP contribution is -2.48. The van der Waals surface area contributed by atoms with E-state index in [2.05, 4.69) is 25.8 Å². The summed E-state index contributed by atoms with van der Waals surface area (Å²) < 4.78 is 1.69. The van der Waals surface area contributed by atoms with Crippen LogP contribution in [-0.4, -0.2) is 48.4 Å². The summed E-state index contributed by atoms with van der Waals surface area (Å²) in [7, 11) is 0. The van der Waals surface area contributed by atoms with E-state index in [-0.39, 0.29) is 5.75 Å². The quantitative estimate of drug-likeness (QED) is 0.250. The van der Waals surface area contributed by atoms with E-state index in [9.17, 15) is 14.4 Å². The molecule has 0 radical (unpaired) electrons. The molecule has 0 bridgehead atoms. The summed E-state index contributed by atoms with van der Waals surface area (Å²) in [6.45, 7) is 1.60. The maximum Gasteiger partial charge on any atom is 0.344 e. The van der Waals surface area contributed by atoms with Gasteiger partial charge in [0.05, 0.1) is 23.0 Å². The Morgan fingerprint density at radius 1 is 1.06 bits per heavy atom. The zero-order chi connectivity index (χ0) is 23.7. The van der Waals surface area contributed by atoms with Crippen molar-refractivity contribution >= 4 is 40.6 Å². The predicted octanol–water partition coefficient (Wildman–Crippen LogP) is 2.41. The Morgan fingerprint density at radius 2 is 1.76 bits per heavy atom. The minimum Gasteiger partial charge on any atom is -0.318 e. The normalized spacial score (nSPS) is 17.7. The predicted molar refractivity (Wildman–Crippen MR) is 125 cm³/mol.